The van der Waals surface area contributed by atoms with Crippen LogP contribution in [0.25, 0.3) is 33.5 Å². The Kier molecular flexibility index (Phi) is 10.8. The average Bonchev–Trinajstić information content (AvgIpc) is 3.53. The summed E-state index contributed by atoms with van der Waals surface area (Å²) in [6.07, 6.45) is -0.684. The van der Waals surface area contributed by atoms with Crippen LogP contribution in [0.3, 0.4) is 0 Å². The maximum absolute atomic E-state index is 15.1. The van der Waals surface area contributed by atoms with Crippen LogP contribution in [-0.2, 0) is 21.6 Å². The fourth-order valence-electron chi connectivity index (χ4n) is 6.35. The number of aromatic amines is 1. The highest BCUT2D eigenvalue weighted by Gasteiger charge is 2.24. The topological polar surface area (TPSA) is 145 Å². The van der Waals surface area contributed by atoms with Crippen molar-refractivity contribution in [1.82, 2.24) is 25.2 Å². The lowest BCUT2D eigenvalue weighted by Crippen LogP contribution is -2.47. The zero-order chi connectivity index (χ0) is 38.1. The molecule has 2 unspecified atom stereocenters. The number of morpholine rings is 1. The molecule has 53 heavy (non-hydrogen) atoms. The Labute approximate surface area is 307 Å². The molecule has 1 aliphatic heterocycles. The Morgan fingerprint density at radius 1 is 1.08 bits per heavy atom. The second-order valence-electron chi connectivity index (χ2n) is 14.9. The van der Waals surface area contributed by atoms with Crippen LogP contribution in [-0.4, -0.2) is 74.1 Å². The molecular formula is C40H46F2N6O5. The zero-order valence-corrected chi connectivity index (χ0v) is 30.8. The maximum atomic E-state index is 15.1. The second kappa shape index (κ2) is 15.2. The van der Waals surface area contributed by atoms with Crippen LogP contribution in [0, 0.1) is 18.6 Å². The largest absolute Gasteiger partial charge is 0.444 e. The van der Waals surface area contributed by atoms with Gasteiger partial charge in [-0.1, -0.05) is 36.4 Å². The molecular weight excluding hydrogens is 682 g/mol. The van der Waals surface area contributed by atoms with Gasteiger partial charge in [0.1, 0.15) is 29.2 Å². The molecule has 5 N–H and O–H groups in total. The lowest BCUT2D eigenvalue weighted by molar-refractivity contribution is -0.0313. The van der Waals surface area contributed by atoms with Gasteiger partial charge in [0.2, 0.25) is 0 Å². The van der Waals surface area contributed by atoms with Gasteiger partial charge in [-0.05, 0) is 88.1 Å². The van der Waals surface area contributed by atoms with Gasteiger partial charge < -0.3 is 35.3 Å². The number of carbonyl (C=O) groups excluding carboxylic acids is 1. The molecule has 3 aromatic carbocycles. The van der Waals surface area contributed by atoms with E-state index in [4.69, 9.17) is 9.47 Å². The number of nitrogens with one attached hydrogen (secondary N) is 3. The van der Waals surface area contributed by atoms with Crippen LogP contribution in [0.1, 0.15) is 63.1 Å². The molecule has 1 amide bonds. The summed E-state index contributed by atoms with van der Waals surface area (Å²) >= 11 is 0. The highest BCUT2D eigenvalue weighted by atomic mass is 19.1. The number of ether oxygens (including phenoxy) is 2. The predicted molar refractivity (Wildman–Crippen MR) is 199 cm³/mol. The molecule has 1 saturated heterocycles. The fourth-order valence-corrected chi connectivity index (χ4v) is 6.35. The Morgan fingerprint density at radius 3 is 2.53 bits per heavy atom. The number of carbonyl (C=O) groups is 1. The molecule has 0 bridgehead atoms. The fraction of sp³-hybridized carbons (Fsp3) is 0.375. The number of hydrogen-bond acceptors (Lipinski definition) is 9. The number of anilines is 1. The molecule has 280 valence electrons. The first-order valence-corrected chi connectivity index (χ1v) is 17.6. The van der Waals surface area contributed by atoms with E-state index in [0.29, 0.717) is 53.1 Å². The summed E-state index contributed by atoms with van der Waals surface area (Å²) in [5.74, 6) is -1.27. The number of aromatic nitrogens is 3. The molecule has 1 aliphatic rings. The van der Waals surface area contributed by atoms with Crippen LogP contribution in [0.5, 0.6) is 0 Å². The molecule has 0 aliphatic carbocycles. The van der Waals surface area contributed by atoms with Gasteiger partial charge in [0, 0.05) is 54.1 Å². The number of nitrogens with zero attached hydrogens (tertiary/aromatic N) is 3. The number of hydrogen-bond donors (Lipinski definition) is 5. The first-order valence-electron chi connectivity index (χ1n) is 17.6. The monoisotopic (exact) mass is 728 g/mol. The smallest absolute Gasteiger partial charge is 0.407 e. The lowest BCUT2D eigenvalue weighted by atomic mass is 9.96. The minimum absolute atomic E-state index is 0.0457. The third-order valence-corrected chi connectivity index (χ3v) is 9.11. The predicted octanol–water partition coefficient (Wildman–Crippen LogP) is 6.93. The molecule has 3 heterocycles. The van der Waals surface area contributed by atoms with Crippen LogP contribution < -0.4 is 10.6 Å². The number of alkyl carbamates (subject to hydrolysis) is 1. The van der Waals surface area contributed by atoms with Gasteiger partial charge >= 0.3 is 6.09 Å². The van der Waals surface area contributed by atoms with Crippen molar-refractivity contribution in [2.75, 3.05) is 31.6 Å². The number of halogens is 2. The Morgan fingerprint density at radius 2 is 1.83 bits per heavy atom. The van der Waals surface area contributed by atoms with Crippen molar-refractivity contribution in [1.29, 1.82) is 0 Å². The van der Waals surface area contributed by atoms with Gasteiger partial charge in [-0.15, -0.1) is 0 Å². The van der Waals surface area contributed by atoms with E-state index in [2.05, 4.69) is 42.6 Å². The molecule has 1 fully saturated rings. The quantitative estimate of drug-likeness (QED) is 0.0967. The van der Waals surface area contributed by atoms with E-state index in [-0.39, 0.29) is 17.4 Å². The van der Waals surface area contributed by atoms with Crippen molar-refractivity contribution in [2.24, 2.45) is 0 Å². The highest BCUT2D eigenvalue weighted by molar-refractivity contribution is 5.95. The van der Waals surface area contributed by atoms with Gasteiger partial charge in [-0.3, -0.25) is 4.90 Å². The van der Waals surface area contributed by atoms with Crippen LogP contribution in [0.2, 0.25) is 0 Å². The van der Waals surface area contributed by atoms with Gasteiger partial charge in [-0.25, -0.2) is 23.5 Å². The molecule has 2 aromatic heterocycles. The van der Waals surface area contributed by atoms with Crippen LogP contribution in [0.15, 0.2) is 67.0 Å². The highest BCUT2D eigenvalue weighted by Crippen LogP contribution is 2.36. The van der Waals surface area contributed by atoms with Gasteiger partial charge in [0.25, 0.3) is 0 Å². The van der Waals surface area contributed by atoms with Crippen LogP contribution >= 0.6 is 0 Å². The lowest BCUT2D eigenvalue weighted by Gasteiger charge is -2.33. The number of aliphatic hydroxyl groups excluding tert-OH is 1. The first kappa shape index (κ1) is 37.8. The van der Waals surface area contributed by atoms with Gasteiger partial charge in [0.15, 0.2) is 6.23 Å². The van der Waals surface area contributed by atoms with E-state index >= 15 is 4.39 Å². The van der Waals surface area contributed by atoms with E-state index in [9.17, 15) is 19.4 Å². The van der Waals surface area contributed by atoms with Crippen molar-refractivity contribution < 1.29 is 33.3 Å². The maximum Gasteiger partial charge on any atom is 0.407 e. The summed E-state index contributed by atoms with van der Waals surface area (Å²) < 4.78 is 41.3. The number of H-pyrrole nitrogens is 1. The number of aliphatic hydroxyl groups is 2. The first-order chi connectivity index (χ1) is 25.0. The molecule has 2 atom stereocenters. The van der Waals surface area contributed by atoms with E-state index in [0.717, 1.165) is 29.9 Å². The van der Waals surface area contributed by atoms with E-state index in [1.54, 1.807) is 20.8 Å². The third-order valence-electron chi connectivity index (χ3n) is 9.11. The minimum Gasteiger partial charge on any atom is -0.444 e. The summed E-state index contributed by atoms with van der Waals surface area (Å²) in [5, 5.41) is 27.5. The van der Waals surface area contributed by atoms with Gasteiger partial charge in [-0.2, -0.15) is 0 Å². The Hall–Kier alpha value is -4.95. The second-order valence-corrected chi connectivity index (χ2v) is 14.9. The van der Waals surface area contributed by atoms with E-state index in [1.165, 1.54) is 36.7 Å². The molecule has 0 saturated carbocycles. The Bertz CT molecular complexity index is 2090. The van der Waals surface area contributed by atoms with E-state index < -0.39 is 35.2 Å². The summed E-state index contributed by atoms with van der Waals surface area (Å²) in [6, 6.07) is 16.8. The molecule has 6 rings (SSSR count). The van der Waals surface area contributed by atoms with Crippen molar-refractivity contribution >= 4 is 22.8 Å². The molecule has 0 radical (unpaired) electrons. The van der Waals surface area contributed by atoms with E-state index in [1.807, 2.05) is 39.0 Å². The summed E-state index contributed by atoms with van der Waals surface area (Å²) in [5.41, 5.74) is 3.76. The minimum atomic E-state index is -1.49. The average molecular weight is 729 g/mol. The number of amides is 1. The molecule has 5 aromatic rings. The summed E-state index contributed by atoms with van der Waals surface area (Å²) in [7, 11) is 0. The van der Waals surface area contributed by atoms with Gasteiger partial charge in [0.05, 0.1) is 24.0 Å². The van der Waals surface area contributed by atoms with Crippen molar-refractivity contribution in [3.05, 3.63) is 101 Å². The summed E-state index contributed by atoms with van der Waals surface area (Å²) in [6.45, 7) is 13.4. The Balaban J connectivity index is 1.16. The summed E-state index contributed by atoms with van der Waals surface area (Å²) in [4.78, 5) is 26.7. The molecule has 11 nitrogen and oxygen atoms in total. The van der Waals surface area contributed by atoms with Crippen molar-refractivity contribution in [3.63, 3.8) is 0 Å². The van der Waals surface area contributed by atoms with Crippen LogP contribution in [0.4, 0.5) is 19.3 Å². The SMILES string of the molecule is Cc1c(NC(O)c2ccc(C(C)(C)O)cc2F)cc(F)cc1-c1ncnc2[nH]c(-c3ccc(CN4CCOC(CNC(=O)OC(C)(C)C)C4)cc3)cc12. The van der Waals surface area contributed by atoms with Crippen molar-refractivity contribution in [3.8, 4) is 22.5 Å². The standard InChI is InChI=1S/C40H46F2N6O5/c1-23-30(16-27(41)17-33(23)47-37(49)29-12-11-26(15-32(29)42)40(5,6)51)35-31-18-34(46-36(31)45-22-44-35)25-9-7-24(8-10-25)20-48-13-14-52-28(21-48)19-43-38(50)53-39(2,3)4/h7-12,15-18,22,28,37,47,49,51H,13-14,19-21H2,1-6H3,(H,43,50)(H,44,45,46). The normalized spacial score (nSPS) is 16.1. The zero-order valence-electron chi connectivity index (χ0n) is 30.8. The number of fused-ring (bicyclic) bond motifs is 1. The number of rotatable bonds is 10. The van der Waals surface area contributed by atoms with Crippen molar-refractivity contribution in [2.45, 2.75) is 71.6 Å². The molecule has 13 heteroatoms. The number of benzene rings is 3. The third kappa shape index (κ3) is 9.17. The molecule has 0 spiro atoms.